The largest absolute Gasteiger partial charge is 0.469 e. The molecular weight excluding hydrogens is 396 g/mol. The average Bonchev–Trinajstić information content (AvgIpc) is 2.76. The van der Waals surface area contributed by atoms with Gasteiger partial charge in [-0.3, -0.25) is 4.79 Å². The Balaban J connectivity index is 1.95. The number of alkyl halides is 2. The molecule has 0 amide bonds. The van der Waals surface area contributed by atoms with E-state index < -0.39 is 0 Å². The van der Waals surface area contributed by atoms with Gasteiger partial charge < -0.3 is 4.74 Å². The van der Waals surface area contributed by atoms with E-state index in [9.17, 15) is 4.79 Å². The molecule has 0 saturated heterocycles. The van der Waals surface area contributed by atoms with Crippen molar-refractivity contribution < 1.29 is 9.53 Å². The number of halogens is 2. The third-order valence-electron chi connectivity index (χ3n) is 4.09. The average molecular weight is 412 g/mol. The molecule has 4 heteroatoms. The number of esters is 1. The van der Waals surface area contributed by atoms with Crippen LogP contribution in [-0.4, -0.2) is 13.1 Å². The Morgan fingerprint density at radius 1 is 1.19 bits per heavy atom. The van der Waals surface area contributed by atoms with Gasteiger partial charge in [-0.05, 0) is 40.3 Å². The molecule has 2 unspecified atom stereocenters. The summed E-state index contributed by atoms with van der Waals surface area (Å²) in [6.07, 6.45) is 2.19. The van der Waals surface area contributed by atoms with Crippen LogP contribution >= 0.6 is 31.9 Å². The highest BCUT2D eigenvalue weighted by atomic mass is 79.9. The molecule has 0 aliphatic heterocycles. The third-order valence-corrected chi connectivity index (χ3v) is 6.81. The highest BCUT2D eigenvalue weighted by Gasteiger charge is 2.32. The molecule has 21 heavy (non-hydrogen) atoms. The topological polar surface area (TPSA) is 26.3 Å². The van der Waals surface area contributed by atoms with Gasteiger partial charge in [0.25, 0.3) is 0 Å². The molecule has 0 heterocycles. The molecule has 1 aliphatic carbocycles. The van der Waals surface area contributed by atoms with Gasteiger partial charge >= 0.3 is 5.97 Å². The van der Waals surface area contributed by atoms with E-state index in [-0.39, 0.29) is 10.8 Å². The first-order chi connectivity index (χ1) is 10.1. The molecule has 0 fully saturated rings. The summed E-state index contributed by atoms with van der Waals surface area (Å²) in [6, 6.07) is 10.8. The van der Waals surface area contributed by atoms with E-state index in [1.807, 2.05) is 0 Å². The Kier molecular flexibility index (Phi) is 4.36. The minimum Gasteiger partial charge on any atom is -0.469 e. The van der Waals surface area contributed by atoms with Crippen LogP contribution in [-0.2, 0) is 16.0 Å². The van der Waals surface area contributed by atoms with E-state index >= 15 is 0 Å². The zero-order valence-electron chi connectivity index (χ0n) is 11.7. The Hall–Kier alpha value is -0.870. The minimum atomic E-state index is -0.137. The summed E-state index contributed by atoms with van der Waals surface area (Å²) in [4.78, 5) is 11.8. The van der Waals surface area contributed by atoms with Gasteiger partial charge in [0.2, 0.25) is 0 Å². The van der Waals surface area contributed by atoms with Crippen molar-refractivity contribution in [3.63, 3.8) is 0 Å². The monoisotopic (exact) mass is 410 g/mol. The first kappa shape index (κ1) is 15.0. The standard InChI is InChI=1S/C17H16Br2O2/c1-21-13(20)7-3-5-11-9-8-10-4-2-6-12-14(10)15(11)17(19)16(12)18/h2,4,6,8-9,16-17H,3,5,7H2,1H3. The maximum Gasteiger partial charge on any atom is 0.305 e. The lowest BCUT2D eigenvalue weighted by Gasteiger charge is -2.13. The number of aryl methyl sites for hydroxylation is 1. The van der Waals surface area contributed by atoms with E-state index in [1.54, 1.807) is 0 Å². The van der Waals surface area contributed by atoms with Crippen LogP contribution in [0.4, 0.5) is 0 Å². The maximum atomic E-state index is 11.3. The molecule has 2 nitrogen and oxygen atoms in total. The molecule has 2 atom stereocenters. The van der Waals surface area contributed by atoms with Gasteiger partial charge in [-0.1, -0.05) is 62.2 Å². The van der Waals surface area contributed by atoms with Crippen LogP contribution in [0.25, 0.3) is 10.8 Å². The SMILES string of the molecule is COC(=O)CCCc1ccc2cccc3c2c1C(Br)C3Br. The second-order valence-electron chi connectivity index (χ2n) is 5.32. The van der Waals surface area contributed by atoms with Gasteiger partial charge in [-0.25, -0.2) is 0 Å². The third kappa shape index (κ3) is 2.64. The van der Waals surface area contributed by atoms with E-state index in [2.05, 4.69) is 62.2 Å². The maximum absolute atomic E-state index is 11.3. The smallest absolute Gasteiger partial charge is 0.305 e. The van der Waals surface area contributed by atoms with Crippen molar-refractivity contribution in [2.45, 2.75) is 28.9 Å². The quantitative estimate of drug-likeness (QED) is 0.509. The second kappa shape index (κ2) is 6.09. The molecule has 0 N–H and O–H groups in total. The second-order valence-corrected chi connectivity index (χ2v) is 7.29. The summed E-state index contributed by atoms with van der Waals surface area (Å²) in [6.45, 7) is 0. The van der Waals surface area contributed by atoms with E-state index in [0.29, 0.717) is 11.2 Å². The van der Waals surface area contributed by atoms with Gasteiger partial charge in [-0.15, -0.1) is 0 Å². The molecule has 2 aromatic rings. The lowest BCUT2D eigenvalue weighted by Crippen LogP contribution is -2.02. The van der Waals surface area contributed by atoms with Crippen LogP contribution in [0.2, 0.25) is 0 Å². The number of carbonyl (C=O) groups is 1. The molecule has 0 saturated carbocycles. The summed E-state index contributed by atoms with van der Waals surface area (Å²) in [5, 5.41) is 2.64. The number of rotatable bonds is 4. The van der Waals surface area contributed by atoms with Crippen LogP contribution in [0.15, 0.2) is 30.3 Å². The van der Waals surface area contributed by atoms with Crippen LogP contribution in [0, 0.1) is 0 Å². The van der Waals surface area contributed by atoms with Gasteiger partial charge in [0, 0.05) is 6.42 Å². The van der Waals surface area contributed by atoms with Crippen LogP contribution in [0.5, 0.6) is 0 Å². The fraction of sp³-hybridized carbons (Fsp3) is 0.353. The zero-order valence-corrected chi connectivity index (χ0v) is 14.9. The number of benzene rings is 2. The van der Waals surface area contributed by atoms with Crippen LogP contribution in [0.3, 0.4) is 0 Å². The highest BCUT2D eigenvalue weighted by Crippen LogP contribution is 2.54. The van der Waals surface area contributed by atoms with Crippen molar-refractivity contribution in [1.29, 1.82) is 0 Å². The van der Waals surface area contributed by atoms with Gasteiger partial charge in [0.15, 0.2) is 0 Å². The van der Waals surface area contributed by atoms with Gasteiger partial charge in [0.05, 0.1) is 16.8 Å². The first-order valence-electron chi connectivity index (χ1n) is 7.03. The zero-order chi connectivity index (χ0) is 15.0. The Bertz CT molecular complexity index is 696. The van der Waals surface area contributed by atoms with Crippen LogP contribution in [0.1, 0.15) is 39.2 Å². The number of hydrogen-bond donors (Lipinski definition) is 0. The van der Waals surface area contributed by atoms with Gasteiger partial charge in [0.1, 0.15) is 0 Å². The molecule has 110 valence electrons. The number of hydrogen-bond acceptors (Lipinski definition) is 2. The van der Waals surface area contributed by atoms with Crippen molar-refractivity contribution >= 4 is 48.6 Å². The molecule has 3 rings (SSSR count). The number of methoxy groups -OCH3 is 1. The summed E-state index contributed by atoms with van der Waals surface area (Å²) in [5.41, 5.74) is 4.04. The predicted octanol–water partition coefficient (Wildman–Crippen LogP) is 5.22. The molecule has 0 spiro atoms. The predicted molar refractivity (Wildman–Crippen MR) is 92.2 cm³/mol. The normalized spacial score (nSPS) is 20.0. The molecule has 1 aliphatic rings. The summed E-state index contributed by atoms with van der Waals surface area (Å²) >= 11 is 7.62. The molecule has 0 aromatic heterocycles. The number of ether oxygens (including phenoxy) is 1. The van der Waals surface area contributed by atoms with E-state index in [4.69, 9.17) is 4.74 Å². The van der Waals surface area contributed by atoms with E-state index in [0.717, 1.165) is 12.8 Å². The minimum absolute atomic E-state index is 0.137. The fourth-order valence-electron chi connectivity index (χ4n) is 3.07. The summed E-state index contributed by atoms with van der Waals surface area (Å²) < 4.78 is 4.71. The van der Waals surface area contributed by atoms with Crippen molar-refractivity contribution in [3.8, 4) is 0 Å². The van der Waals surface area contributed by atoms with E-state index in [1.165, 1.54) is 34.6 Å². The molecule has 2 aromatic carbocycles. The summed E-state index contributed by atoms with van der Waals surface area (Å²) in [5.74, 6) is -0.137. The lowest BCUT2D eigenvalue weighted by molar-refractivity contribution is -0.140. The lowest BCUT2D eigenvalue weighted by atomic mass is 9.97. The Labute approximate surface area is 141 Å². The molecule has 0 radical (unpaired) electrons. The Morgan fingerprint density at radius 3 is 2.76 bits per heavy atom. The fourth-order valence-corrected chi connectivity index (χ4v) is 4.53. The highest BCUT2D eigenvalue weighted by molar-refractivity contribution is 9.12. The molecular formula is C17H16Br2O2. The van der Waals surface area contributed by atoms with Crippen molar-refractivity contribution in [2.24, 2.45) is 0 Å². The van der Waals surface area contributed by atoms with Gasteiger partial charge in [-0.2, -0.15) is 0 Å². The van der Waals surface area contributed by atoms with Crippen molar-refractivity contribution in [3.05, 3.63) is 47.0 Å². The summed E-state index contributed by atoms with van der Waals surface area (Å²) in [7, 11) is 1.44. The first-order valence-corrected chi connectivity index (χ1v) is 8.86. The molecule has 0 bridgehead atoms. The van der Waals surface area contributed by atoms with Crippen molar-refractivity contribution in [2.75, 3.05) is 7.11 Å². The van der Waals surface area contributed by atoms with Crippen LogP contribution < -0.4 is 0 Å². The number of carbonyl (C=O) groups excluding carboxylic acids is 1. The van der Waals surface area contributed by atoms with Crippen molar-refractivity contribution in [1.82, 2.24) is 0 Å². The Morgan fingerprint density at radius 2 is 2.00 bits per heavy atom.